The Morgan fingerprint density at radius 3 is 2.53 bits per heavy atom. The molecule has 3 rings (SSSR count). The molecule has 0 aromatic carbocycles. The molecule has 0 amide bonds. The van der Waals surface area contributed by atoms with Crippen molar-refractivity contribution >= 4 is 0 Å². The normalized spacial score (nSPS) is 44.3. The Labute approximate surface area is 105 Å². The average molecular weight is 237 g/mol. The number of fused-ring (bicyclic) bond motifs is 1. The second-order valence-electron chi connectivity index (χ2n) is 6.47. The van der Waals surface area contributed by atoms with Crippen LogP contribution in [0.3, 0.4) is 0 Å². The fraction of sp³-hybridized carbons (Fsp3) is 1.00. The predicted octanol–water partition coefficient (Wildman–Crippen LogP) is 2.94. The molecule has 2 heteroatoms. The van der Waals surface area contributed by atoms with E-state index in [-0.39, 0.29) is 6.10 Å². The van der Waals surface area contributed by atoms with Gasteiger partial charge < -0.3 is 5.11 Å². The van der Waals surface area contributed by atoms with Crippen LogP contribution in [0.15, 0.2) is 0 Å². The highest BCUT2D eigenvalue weighted by Gasteiger charge is 2.37. The maximum atomic E-state index is 9.88. The minimum Gasteiger partial charge on any atom is -0.393 e. The van der Waals surface area contributed by atoms with E-state index in [0.29, 0.717) is 6.04 Å². The second kappa shape index (κ2) is 5.27. The summed E-state index contributed by atoms with van der Waals surface area (Å²) in [5.74, 6) is 0.983. The lowest BCUT2D eigenvalue weighted by molar-refractivity contribution is -0.0119. The molecular weight excluding hydrogens is 210 g/mol. The second-order valence-corrected chi connectivity index (χ2v) is 6.47. The van der Waals surface area contributed by atoms with Crippen LogP contribution in [0.2, 0.25) is 0 Å². The topological polar surface area (TPSA) is 23.5 Å². The largest absolute Gasteiger partial charge is 0.393 e. The maximum Gasteiger partial charge on any atom is 0.0555 e. The van der Waals surface area contributed by atoms with Gasteiger partial charge in [0.1, 0.15) is 0 Å². The number of hydrogen-bond donors (Lipinski definition) is 1. The van der Waals surface area contributed by atoms with E-state index in [1.54, 1.807) is 0 Å². The van der Waals surface area contributed by atoms with Crippen molar-refractivity contribution in [1.29, 1.82) is 0 Å². The van der Waals surface area contributed by atoms with Gasteiger partial charge in [0.05, 0.1) is 6.10 Å². The van der Waals surface area contributed by atoms with Gasteiger partial charge >= 0.3 is 0 Å². The Hall–Kier alpha value is -0.0800. The molecule has 4 unspecified atom stereocenters. The van der Waals surface area contributed by atoms with Crippen LogP contribution in [0.1, 0.15) is 64.2 Å². The Balaban J connectivity index is 1.67. The molecule has 2 saturated carbocycles. The molecule has 3 aliphatic rings. The van der Waals surface area contributed by atoms with Crippen molar-refractivity contribution in [1.82, 2.24) is 4.90 Å². The third-order valence-electron chi connectivity index (χ3n) is 5.37. The fourth-order valence-corrected chi connectivity index (χ4v) is 4.56. The monoisotopic (exact) mass is 237 g/mol. The van der Waals surface area contributed by atoms with Gasteiger partial charge in [-0.3, -0.25) is 4.90 Å². The van der Waals surface area contributed by atoms with E-state index in [0.717, 1.165) is 24.8 Å². The molecule has 1 heterocycles. The van der Waals surface area contributed by atoms with Crippen molar-refractivity contribution in [2.24, 2.45) is 5.92 Å². The average Bonchev–Trinajstić information content (AvgIpc) is 2.38. The van der Waals surface area contributed by atoms with Crippen LogP contribution >= 0.6 is 0 Å². The third-order valence-corrected chi connectivity index (χ3v) is 5.37. The van der Waals surface area contributed by atoms with E-state index in [1.165, 1.54) is 57.9 Å². The van der Waals surface area contributed by atoms with Crippen molar-refractivity contribution < 1.29 is 5.11 Å². The number of rotatable bonds is 1. The predicted molar refractivity (Wildman–Crippen MR) is 69.9 cm³/mol. The Kier molecular flexibility index (Phi) is 3.72. The quantitative estimate of drug-likeness (QED) is 0.758. The van der Waals surface area contributed by atoms with Gasteiger partial charge in [0.2, 0.25) is 0 Å². The van der Waals surface area contributed by atoms with E-state index in [9.17, 15) is 5.11 Å². The molecule has 17 heavy (non-hydrogen) atoms. The summed E-state index contributed by atoms with van der Waals surface area (Å²) in [5, 5.41) is 9.88. The van der Waals surface area contributed by atoms with Crippen molar-refractivity contribution in [2.45, 2.75) is 82.4 Å². The van der Waals surface area contributed by atoms with Gasteiger partial charge in [-0.1, -0.05) is 12.8 Å². The van der Waals surface area contributed by atoms with Crippen LogP contribution in [-0.2, 0) is 0 Å². The fourth-order valence-electron chi connectivity index (χ4n) is 4.56. The molecular formula is C15H27NO. The number of likely N-dealkylation sites (tertiary alicyclic amines) is 1. The van der Waals surface area contributed by atoms with Gasteiger partial charge in [0.25, 0.3) is 0 Å². The van der Waals surface area contributed by atoms with Gasteiger partial charge in [-0.15, -0.1) is 0 Å². The maximum absolute atomic E-state index is 9.88. The van der Waals surface area contributed by atoms with E-state index in [2.05, 4.69) is 4.90 Å². The third kappa shape index (κ3) is 2.53. The molecule has 0 aromatic heterocycles. The summed E-state index contributed by atoms with van der Waals surface area (Å²) in [7, 11) is 0. The summed E-state index contributed by atoms with van der Waals surface area (Å²) in [5.41, 5.74) is 0. The molecule has 0 spiro atoms. The van der Waals surface area contributed by atoms with Crippen molar-refractivity contribution in [3.05, 3.63) is 0 Å². The summed E-state index contributed by atoms with van der Waals surface area (Å²) in [6, 6.07) is 1.57. The molecule has 2 aliphatic carbocycles. The summed E-state index contributed by atoms with van der Waals surface area (Å²) in [6.45, 7) is 1.30. The van der Waals surface area contributed by atoms with Crippen molar-refractivity contribution in [3.8, 4) is 0 Å². The lowest BCUT2D eigenvalue weighted by Crippen LogP contribution is -2.53. The minimum absolute atomic E-state index is 0.0160. The van der Waals surface area contributed by atoms with Crippen LogP contribution < -0.4 is 0 Å². The highest BCUT2D eigenvalue weighted by molar-refractivity contribution is 4.92. The van der Waals surface area contributed by atoms with E-state index in [1.807, 2.05) is 0 Å². The zero-order valence-corrected chi connectivity index (χ0v) is 11.0. The summed E-state index contributed by atoms with van der Waals surface area (Å²) >= 11 is 0. The zero-order valence-electron chi connectivity index (χ0n) is 11.0. The molecule has 1 saturated heterocycles. The molecule has 0 aromatic rings. The van der Waals surface area contributed by atoms with Crippen LogP contribution in [0.25, 0.3) is 0 Å². The standard InChI is InChI=1S/C15H27NO/c17-14-8-3-7-13(11-14)16-10-4-6-12-5-1-2-9-15(12)16/h12-15,17H,1-11H2. The van der Waals surface area contributed by atoms with E-state index >= 15 is 0 Å². The highest BCUT2D eigenvalue weighted by atomic mass is 16.3. The van der Waals surface area contributed by atoms with Crippen LogP contribution in [0.5, 0.6) is 0 Å². The molecule has 2 nitrogen and oxygen atoms in total. The Morgan fingerprint density at radius 1 is 0.824 bits per heavy atom. The van der Waals surface area contributed by atoms with Crippen LogP contribution in [0.4, 0.5) is 0 Å². The number of aliphatic hydroxyl groups excluding tert-OH is 1. The first-order valence-electron chi connectivity index (χ1n) is 7.78. The molecule has 0 radical (unpaired) electrons. The van der Waals surface area contributed by atoms with E-state index in [4.69, 9.17) is 0 Å². The molecule has 1 N–H and O–H groups in total. The van der Waals surface area contributed by atoms with Crippen molar-refractivity contribution in [2.75, 3.05) is 6.54 Å². The van der Waals surface area contributed by atoms with Crippen molar-refractivity contribution in [3.63, 3.8) is 0 Å². The first-order chi connectivity index (χ1) is 8.34. The van der Waals surface area contributed by atoms with Gasteiger partial charge in [-0.25, -0.2) is 0 Å². The van der Waals surface area contributed by atoms with Gasteiger partial charge in [0, 0.05) is 12.1 Å². The first-order valence-corrected chi connectivity index (χ1v) is 7.78. The SMILES string of the molecule is OC1CCCC(N2CCCC3CCCCC32)C1. The Morgan fingerprint density at radius 2 is 1.65 bits per heavy atom. The summed E-state index contributed by atoms with van der Waals surface area (Å²) in [6.07, 6.45) is 13.3. The summed E-state index contributed by atoms with van der Waals surface area (Å²) in [4.78, 5) is 2.80. The number of nitrogens with zero attached hydrogens (tertiary/aromatic N) is 1. The number of aliphatic hydroxyl groups is 1. The zero-order chi connectivity index (χ0) is 11.7. The first kappa shape index (κ1) is 12.0. The van der Waals surface area contributed by atoms with Gasteiger partial charge in [0.15, 0.2) is 0 Å². The molecule has 1 aliphatic heterocycles. The molecule has 0 bridgehead atoms. The highest BCUT2D eigenvalue weighted by Crippen LogP contribution is 2.38. The minimum atomic E-state index is -0.0160. The summed E-state index contributed by atoms with van der Waals surface area (Å²) < 4.78 is 0. The molecule has 98 valence electrons. The van der Waals surface area contributed by atoms with Crippen LogP contribution in [-0.4, -0.2) is 34.7 Å². The Bertz CT molecular complexity index is 253. The lowest BCUT2D eigenvalue weighted by atomic mass is 9.76. The smallest absolute Gasteiger partial charge is 0.0555 e. The van der Waals surface area contributed by atoms with Gasteiger partial charge in [-0.2, -0.15) is 0 Å². The molecule has 3 fully saturated rings. The number of piperidine rings is 1. The van der Waals surface area contributed by atoms with Crippen LogP contribution in [0, 0.1) is 5.92 Å². The van der Waals surface area contributed by atoms with E-state index < -0.39 is 0 Å². The molecule has 4 atom stereocenters. The number of hydrogen-bond acceptors (Lipinski definition) is 2. The lowest BCUT2D eigenvalue weighted by Gasteiger charge is -2.49. The van der Waals surface area contributed by atoms with Gasteiger partial charge in [-0.05, 0) is 63.8 Å².